The van der Waals surface area contributed by atoms with Crippen LogP contribution in [0.5, 0.6) is 5.75 Å². The van der Waals surface area contributed by atoms with Crippen LogP contribution in [0.25, 0.3) is 16.8 Å². The summed E-state index contributed by atoms with van der Waals surface area (Å²) in [5, 5.41) is 17.2. The van der Waals surface area contributed by atoms with E-state index in [1.165, 1.54) is 0 Å². The number of aromatic nitrogens is 3. The van der Waals surface area contributed by atoms with Crippen LogP contribution in [0.1, 0.15) is 46.1 Å². The fraction of sp³-hybridized carbons (Fsp3) is 0.533. The van der Waals surface area contributed by atoms with Gasteiger partial charge in [-0.2, -0.15) is 10.4 Å². The molecular formula is C30H39N7O4. The number of amides is 1. The summed E-state index contributed by atoms with van der Waals surface area (Å²) in [5.41, 5.74) is 2.88. The average molecular weight is 562 g/mol. The fourth-order valence-electron chi connectivity index (χ4n) is 5.24. The molecule has 0 aliphatic carbocycles. The first-order chi connectivity index (χ1) is 19.6. The number of pyridine rings is 2. The normalized spacial score (nSPS) is 17.7. The van der Waals surface area contributed by atoms with Crippen molar-refractivity contribution in [3.8, 4) is 23.1 Å². The Morgan fingerprint density at radius 2 is 1.93 bits per heavy atom. The van der Waals surface area contributed by atoms with Crippen molar-refractivity contribution in [2.75, 3.05) is 57.4 Å². The summed E-state index contributed by atoms with van der Waals surface area (Å²) in [4.78, 5) is 21.7. The molecule has 3 aromatic rings. The van der Waals surface area contributed by atoms with Crippen molar-refractivity contribution in [2.45, 2.75) is 51.7 Å². The summed E-state index contributed by atoms with van der Waals surface area (Å²) in [6.45, 7) is 13.9. The topological polar surface area (TPSA) is 117 Å². The molecule has 11 nitrogen and oxygen atoms in total. The fourth-order valence-corrected chi connectivity index (χ4v) is 5.24. The van der Waals surface area contributed by atoms with E-state index >= 15 is 0 Å². The quantitative estimate of drug-likeness (QED) is 0.459. The van der Waals surface area contributed by atoms with Crippen LogP contribution >= 0.6 is 0 Å². The van der Waals surface area contributed by atoms with Crippen LogP contribution in [-0.2, 0) is 9.47 Å². The van der Waals surface area contributed by atoms with Crippen LogP contribution < -0.4 is 15.0 Å². The Balaban J connectivity index is 1.27. The van der Waals surface area contributed by atoms with Crippen molar-refractivity contribution in [2.24, 2.45) is 0 Å². The maximum atomic E-state index is 12.3. The molecule has 218 valence electrons. The lowest BCUT2D eigenvalue weighted by molar-refractivity contribution is 0.0322. The summed E-state index contributed by atoms with van der Waals surface area (Å²) in [5.74, 6) is 0.673. The molecule has 1 amide bonds. The molecule has 2 aliphatic rings. The Hall–Kier alpha value is -3.88. The van der Waals surface area contributed by atoms with Gasteiger partial charge in [0.25, 0.3) is 0 Å². The first-order valence-corrected chi connectivity index (χ1v) is 14.2. The predicted molar refractivity (Wildman–Crippen MR) is 155 cm³/mol. The molecule has 0 aromatic carbocycles. The minimum atomic E-state index is -0.528. The highest BCUT2D eigenvalue weighted by molar-refractivity contribution is 5.84. The minimum Gasteiger partial charge on any atom is -0.491 e. The Morgan fingerprint density at radius 3 is 2.59 bits per heavy atom. The zero-order valence-electron chi connectivity index (χ0n) is 24.4. The van der Waals surface area contributed by atoms with Gasteiger partial charge >= 0.3 is 6.09 Å². The van der Waals surface area contributed by atoms with Gasteiger partial charge in [-0.1, -0.05) is 0 Å². The molecule has 2 saturated heterocycles. The molecular weight excluding hydrogens is 522 g/mol. The summed E-state index contributed by atoms with van der Waals surface area (Å²) < 4.78 is 18.7. The lowest BCUT2D eigenvalue weighted by Crippen LogP contribution is -2.54. The number of nitriles is 1. The van der Waals surface area contributed by atoms with Crippen molar-refractivity contribution in [3.05, 3.63) is 42.4 Å². The monoisotopic (exact) mass is 561 g/mol. The molecule has 0 saturated carbocycles. The van der Waals surface area contributed by atoms with E-state index in [4.69, 9.17) is 19.2 Å². The maximum absolute atomic E-state index is 12.3. The van der Waals surface area contributed by atoms with E-state index in [2.05, 4.69) is 39.3 Å². The average Bonchev–Trinajstić information content (AvgIpc) is 3.36. The van der Waals surface area contributed by atoms with Crippen LogP contribution in [-0.4, -0.2) is 89.3 Å². The Kier molecular flexibility index (Phi) is 8.33. The third-order valence-electron chi connectivity index (χ3n) is 7.55. The van der Waals surface area contributed by atoms with E-state index in [1.807, 2.05) is 45.3 Å². The third kappa shape index (κ3) is 7.07. The summed E-state index contributed by atoms with van der Waals surface area (Å²) in [6, 6.07) is 8.21. The summed E-state index contributed by atoms with van der Waals surface area (Å²) in [7, 11) is 0. The van der Waals surface area contributed by atoms with Gasteiger partial charge in [0.15, 0.2) is 0 Å². The van der Waals surface area contributed by atoms with Gasteiger partial charge in [-0.15, -0.1) is 0 Å². The number of nitrogens with zero attached hydrogens (tertiary/aromatic N) is 6. The molecule has 3 aromatic heterocycles. The Morgan fingerprint density at radius 1 is 1.17 bits per heavy atom. The van der Waals surface area contributed by atoms with E-state index in [0.717, 1.165) is 75.7 Å². The van der Waals surface area contributed by atoms with Crippen molar-refractivity contribution in [1.82, 2.24) is 24.8 Å². The number of carbonyl (C=O) groups is 1. The molecule has 1 N–H and O–H groups in total. The van der Waals surface area contributed by atoms with Crippen molar-refractivity contribution < 1.29 is 19.0 Å². The molecule has 41 heavy (non-hydrogen) atoms. The van der Waals surface area contributed by atoms with E-state index in [9.17, 15) is 10.1 Å². The molecule has 2 aliphatic heterocycles. The smallest absolute Gasteiger partial charge is 0.408 e. The number of alkyl carbamates (subject to hydrolysis) is 1. The SMILES string of the molecule is CC1(NC(=O)OC(C)(C)C)CCN(c2ccc(-c3cc(OCCN4CCOCC4)cn4ncc(C#N)c34)nc2)CC1. The largest absolute Gasteiger partial charge is 0.491 e. The van der Waals surface area contributed by atoms with Crippen molar-refractivity contribution in [3.63, 3.8) is 0 Å². The molecule has 0 atom stereocenters. The molecule has 5 heterocycles. The number of hydrogen-bond donors (Lipinski definition) is 1. The molecule has 0 unspecified atom stereocenters. The number of piperidine rings is 1. The zero-order valence-corrected chi connectivity index (χ0v) is 24.4. The van der Waals surface area contributed by atoms with Gasteiger partial charge in [-0.3, -0.25) is 9.88 Å². The molecule has 5 rings (SSSR count). The maximum Gasteiger partial charge on any atom is 0.408 e. The van der Waals surface area contributed by atoms with Crippen LogP contribution in [0.2, 0.25) is 0 Å². The van der Waals surface area contributed by atoms with Crippen LogP contribution in [0, 0.1) is 11.3 Å². The molecule has 0 spiro atoms. The second kappa shape index (κ2) is 11.9. The van der Waals surface area contributed by atoms with E-state index in [0.29, 0.717) is 23.4 Å². The summed E-state index contributed by atoms with van der Waals surface area (Å²) in [6.07, 6.45) is 6.45. The first-order valence-electron chi connectivity index (χ1n) is 14.2. The Labute approximate surface area is 241 Å². The van der Waals surface area contributed by atoms with E-state index < -0.39 is 5.60 Å². The lowest BCUT2D eigenvalue weighted by atomic mass is 9.89. The number of morpholine rings is 1. The highest BCUT2D eigenvalue weighted by Gasteiger charge is 2.33. The summed E-state index contributed by atoms with van der Waals surface area (Å²) >= 11 is 0. The van der Waals surface area contributed by atoms with E-state index in [-0.39, 0.29) is 11.6 Å². The minimum absolute atomic E-state index is 0.324. The van der Waals surface area contributed by atoms with Gasteiger partial charge in [0, 0.05) is 43.8 Å². The second-order valence-electron chi connectivity index (χ2n) is 11.9. The van der Waals surface area contributed by atoms with Crippen LogP contribution in [0.3, 0.4) is 0 Å². The van der Waals surface area contributed by atoms with Crippen LogP contribution in [0.15, 0.2) is 36.8 Å². The Bertz CT molecular complexity index is 1390. The first kappa shape index (κ1) is 28.6. The molecule has 2 fully saturated rings. The predicted octanol–water partition coefficient (Wildman–Crippen LogP) is 3.86. The number of anilines is 1. The number of fused-ring (bicyclic) bond motifs is 1. The van der Waals surface area contributed by atoms with Gasteiger partial charge in [0.1, 0.15) is 24.0 Å². The van der Waals surface area contributed by atoms with Gasteiger partial charge in [0.05, 0.1) is 54.3 Å². The number of nitrogens with one attached hydrogen (secondary N) is 1. The van der Waals surface area contributed by atoms with E-state index in [1.54, 1.807) is 10.7 Å². The van der Waals surface area contributed by atoms with Gasteiger partial charge in [-0.05, 0) is 58.7 Å². The number of carbonyl (C=O) groups excluding carboxylic acids is 1. The highest BCUT2D eigenvalue weighted by atomic mass is 16.6. The number of rotatable bonds is 7. The molecule has 0 bridgehead atoms. The van der Waals surface area contributed by atoms with Gasteiger partial charge < -0.3 is 24.4 Å². The molecule has 11 heteroatoms. The second-order valence-corrected chi connectivity index (χ2v) is 11.9. The lowest BCUT2D eigenvalue weighted by Gasteiger charge is -2.41. The highest BCUT2D eigenvalue weighted by Crippen LogP contribution is 2.32. The number of hydrogen-bond acceptors (Lipinski definition) is 9. The van der Waals surface area contributed by atoms with Crippen LogP contribution in [0.4, 0.5) is 10.5 Å². The zero-order chi connectivity index (χ0) is 29.0. The molecule has 0 radical (unpaired) electrons. The van der Waals surface area contributed by atoms with Crippen molar-refractivity contribution >= 4 is 17.3 Å². The van der Waals surface area contributed by atoms with Gasteiger partial charge in [-0.25, -0.2) is 9.31 Å². The third-order valence-corrected chi connectivity index (χ3v) is 7.55. The number of ether oxygens (including phenoxy) is 3. The van der Waals surface area contributed by atoms with Crippen molar-refractivity contribution in [1.29, 1.82) is 5.26 Å². The standard InChI is InChI=1S/C30H39N7O4/c1-29(2,3)41-28(38)34-30(4)7-9-36(10-8-30)23-5-6-26(32-20-23)25-17-24(21-37-27(25)22(18-31)19-33-37)40-16-13-35-11-14-39-15-12-35/h5-6,17,19-21H,7-16H2,1-4H3,(H,34,38). The van der Waals surface area contributed by atoms with Gasteiger partial charge in [0.2, 0.25) is 0 Å².